The maximum absolute atomic E-state index is 12.5. The minimum absolute atomic E-state index is 0.0283. The molecule has 1 N–H and O–H groups in total. The van der Waals surface area contributed by atoms with Gasteiger partial charge in [-0.05, 0) is 53.4 Å². The van der Waals surface area contributed by atoms with E-state index in [1.165, 1.54) is 5.56 Å². The average molecular weight is 391 g/mol. The van der Waals surface area contributed by atoms with Crippen molar-refractivity contribution in [2.75, 3.05) is 13.1 Å². The third kappa shape index (κ3) is 3.70. The summed E-state index contributed by atoms with van der Waals surface area (Å²) in [7, 11) is 0. The Morgan fingerprint density at radius 2 is 2.00 bits per heavy atom. The Morgan fingerprint density at radius 3 is 2.67 bits per heavy atom. The standard InChI is InChI=1S/C18H19BrN2O3/c1-12-4-6-13(7-5-12)14-3-2-10-21(14)17(22)11-20-18(23)15-8-9-16(19)24-15/h4-9,14H,2-3,10-11H2,1H3,(H,20,23). The van der Waals surface area contributed by atoms with Gasteiger partial charge in [0, 0.05) is 6.54 Å². The Balaban J connectivity index is 1.61. The second kappa shape index (κ2) is 7.21. The number of hydrogen-bond acceptors (Lipinski definition) is 3. The third-order valence-electron chi connectivity index (χ3n) is 4.23. The Bertz CT molecular complexity index is 739. The van der Waals surface area contributed by atoms with Gasteiger partial charge in [0.2, 0.25) is 5.91 Å². The van der Waals surface area contributed by atoms with E-state index in [0.717, 1.165) is 24.9 Å². The SMILES string of the molecule is Cc1ccc(C2CCCN2C(=O)CNC(=O)c2ccc(Br)o2)cc1. The van der Waals surface area contributed by atoms with Crippen LogP contribution in [0.3, 0.4) is 0 Å². The van der Waals surface area contributed by atoms with Crippen molar-refractivity contribution in [2.24, 2.45) is 0 Å². The van der Waals surface area contributed by atoms with Crippen LogP contribution in [0.25, 0.3) is 0 Å². The zero-order valence-corrected chi connectivity index (χ0v) is 15.0. The molecular weight excluding hydrogens is 372 g/mol. The molecule has 1 aliphatic heterocycles. The molecule has 126 valence electrons. The molecule has 0 spiro atoms. The van der Waals surface area contributed by atoms with Crippen molar-refractivity contribution in [3.05, 3.63) is 58.0 Å². The highest BCUT2D eigenvalue weighted by atomic mass is 79.9. The molecule has 2 aromatic rings. The smallest absolute Gasteiger partial charge is 0.287 e. The lowest BCUT2D eigenvalue weighted by Crippen LogP contribution is -2.39. The number of carbonyl (C=O) groups is 2. The molecule has 0 saturated carbocycles. The van der Waals surface area contributed by atoms with Crippen molar-refractivity contribution >= 4 is 27.7 Å². The van der Waals surface area contributed by atoms with E-state index in [1.54, 1.807) is 12.1 Å². The number of nitrogens with one attached hydrogen (secondary N) is 1. The fraction of sp³-hybridized carbons (Fsp3) is 0.333. The van der Waals surface area contributed by atoms with Crippen LogP contribution in [0, 0.1) is 6.92 Å². The molecule has 1 aromatic heterocycles. The predicted octanol–water partition coefficient (Wildman–Crippen LogP) is 3.44. The third-order valence-corrected chi connectivity index (χ3v) is 4.66. The van der Waals surface area contributed by atoms with Crippen molar-refractivity contribution in [1.29, 1.82) is 0 Å². The first-order valence-corrected chi connectivity index (χ1v) is 8.73. The fourth-order valence-electron chi connectivity index (χ4n) is 2.98. The Morgan fingerprint density at radius 1 is 1.25 bits per heavy atom. The van der Waals surface area contributed by atoms with E-state index >= 15 is 0 Å². The molecule has 1 saturated heterocycles. The molecule has 2 heterocycles. The lowest BCUT2D eigenvalue weighted by Gasteiger charge is -2.25. The van der Waals surface area contributed by atoms with Crippen molar-refractivity contribution < 1.29 is 14.0 Å². The maximum Gasteiger partial charge on any atom is 0.287 e. The first-order chi connectivity index (χ1) is 11.5. The number of furan rings is 1. The van der Waals surface area contributed by atoms with E-state index in [4.69, 9.17) is 4.42 Å². The first kappa shape index (κ1) is 16.8. The number of aryl methyl sites for hydroxylation is 1. The Labute approximate surface area is 149 Å². The normalized spacial score (nSPS) is 17.1. The lowest BCUT2D eigenvalue weighted by atomic mass is 10.0. The van der Waals surface area contributed by atoms with Gasteiger partial charge in [-0.1, -0.05) is 29.8 Å². The van der Waals surface area contributed by atoms with Crippen molar-refractivity contribution in [3.8, 4) is 0 Å². The predicted molar refractivity (Wildman–Crippen MR) is 93.6 cm³/mol. The molecule has 1 aliphatic rings. The summed E-state index contributed by atoms with van der Waals surface area (Å²) >= 11 is 3.15. The highest BCUT2D eigenvalue weighted by Crippen LogP contribution is 2.31. The summed E-state index contributed by atoms with van der Waals surface area (Å²) in [6.45, 7) is 2.74. The van der Waals surface area contributed by atoms with Crippen molar-refractivity contribution in [1.82, 2.24) is 10.2 Å². The van der Waals surface area contributed by atoms with Gasteiger partial charge >= 0.3 is 0 Å². The molecule has 2 amide bonds. The Hall–Kier alpha value is -2.08. The molecule has 1 atom stereocenters. The number of benzene rings is 1. The minimum Gasteiger partial charge on any atom is -0.444 e. The number of nitrogens with zero attached hydrogens (tertiary/aromatic N) is 1. The van der Waals surface area contributed by atoms with Gasteiger partial charge in [0.05, 0.1) is 12.6 Å². The molecule has 0 radical (unpaired) electrons. The number of amides is 2. The van der Waals surface area contributed by atoms with E-state index in [9.17, 15) is 9.59 Å². The average Bonchev–Trinajstić information content (AvgIpc) is 3.22. The van der Waals surface area contributed by atoms with E-state index < -0.39 is 0 Å². The zero-order valence-electron chi connectivity index (χ0n) is 13.4. The van der Waals surface area contributed by atoms with Gasteiger partial charge in [-0.2, -0.15) is 0 Å². The molecule has 0 aliphatic carbocycles. The molecule has 24 heavy (non-hydrogen) atoms. The van der Waals surface area contributed by atoms with Gasteiger partial charge < -0.3 is 14.6 Å². The number of carbonyl (C=O) groups excluding carboxylic acids is 2. The van der Waals surface area contributed by atoms with Gasteiger partial charge in [0.15, 0.2) is 10.4 Å². The maximum atomic E-state index is 12.5. The summed E-state index contributed by atoms with van der Waals surface area (Å²) in [5.41, 5.74) is 2.35. The molecular formula is C18H19BrN2O3. The molecule has 1 aromatic carbocycles. The summed E-state index contributed by atoms with van der Waals surface area (Å²) in [4.78, 5) is 26.3. The monoisotopic (exact) mass is 390 g/mol. The summed E-state index contributed by atoms with van der Waals surface area (Å²) in [6, 6.07) is 11.6. The number of rotatable bonds is 4. The minimum atomic E-state index is -0.389. The van der Waals surface area contributed by atoms with E-state index in [0.29, 0.717) is 4.67 Å². The number of halogens is 1. The fourth-order valence-corrected chi connectivity index (χ4v) is 3.29. The van der Waals surface area contributed by atoms with Crippen LogP contribution in [0.4, 0.5) is 0 Å². The molecule has 5 nitrogen and oxygen atoms in total. The van der Waals surface area contributed by atoms with E-state index in [-0.39, 0.29) is 30.2 Å². The van der Waals surface area contributed by atoms with Gasteiger partial charge in [0.25, 0.3) is 5.91 Å². The van der Waals surface area contributed by atoms with Gasteiger partial charge in [-0.25, -0.2) is 0 Å². The van der Waals surface area contributed by atoms with Crippen LogP contribution < -0.4 is 5.32 Å². The van der Waals surface area contributed by atoms with Gasteiger partial charge in [0.1, 0.15) is 0 Å². The Kier molecular flexibility index (Phi) is 5.04. The van der Waals surface area contributed by atoms with E-state index in [1.807, 2.05) is 11.8 Å². The molecule has 0 bridgehead atoms. The topological polar surface area (TPSA) is 62.6 Å². The first-order valence-electron chi connectivity index (χ1n) is 7.94. The van der Waals surface area contributed by atoms with Crippen LogP contribution >= 0.6 is 15.9 Å². The summed E-state index contributed by atoms with van der Waals surface area (Å²) in [6.07, 6.45) is 1.93. The highest BCUT2D eigenvalue weighted by molar-refractivity contribution is 9.10. The van der Waals surface area contributed by atoms with Crippen LogP contribution in [0.15, 0.2) is 45.5 Å². The summed E-state index contributed by atoms with van der Waals surface area (Å²) in [5, 5.41) is 2.63. The van der Waals surface area contributed by atoms with Crippen LogP contribution in [0.5, 0.6) is 0 Å². The van der Waals surface area contributed by atoms with Gasteiger partial charge in [-0.15, -0.1) is 0 Å². The van der Waals surface area contributed by atoms with Crippen molar-refractivity contribution in [2.45, 2.75) is 25.8 Å². The number of hydrogen-bond donors (Lipinski definition) is 1. The molecule has 1 unspecified atom stereocenters. The largest absolute Gasteiger partial charge is 0.444 e. The lowest BCUT2D eigenvalue weighted by molar-refractivity contribution is -0.131. The quantitative estimate of drug-likeness (QED) is 0.869. The van der Waals surface area contributed by atoms with Crippen LogP contribution in [0.1, 0.15) is 40.6 Å². The van der Waals surface area contributed by atoms with Crippen molar-refractivity contribution in [3.63, 3.8) is 0 Å². The summed E-state index contributed by atoms with van der Waals surface area (Å²) < 4.78 is 5.67. The number of likely N-dealkylation sites (tertiary alicyclic amines) is 1. The molecule has 3 rings (SSSR count). The second-order valence-electron chi connectivity index (χ2n) is 5.94. The van der Waals surface area contributed by atoms with Crippen LogP contribution in [0.2, 0.25) is 0 Å². The van der Waals surface area contributed by atoms with Crippen LogP contribution in [-0.4, -0.2) is 29.8 Å². The molecule has 1 fully saturated rings. The van der Waals surface area contributed by atoms with Gasteiger partial charge in [-0.3, -0.25) is 9.59 Å². The second-order valence-corrected chi connectivity index (χ2v) is 6.72. The van der Waals surface area contributed by atoms with Crippen LogP contribution in [-0.2, 0) is 4.79 Å². The highest BCUT2D eigenvalue weighted by Gasteiger charge is 2.29. The zero-order chi connectivity index (χ0) is 17.1. The molecule has 6 heteroatoms. The van der Waals surface area contributed by atoms with E-state index in [2.05, 4.69) is 45.5 Å². The summed E-state index contributed by atoms with van der Waals surface area (Å²) in [5.74, 6) is -0.275.